The van der Waals surface area contributed by atoms with Gasteiger partial charge in [0, 0.05) is 18.0 Å². The van der Waals surface area contributed by atoms with Crippen LogP contribution in [0, 0.1) is 28.4 Å². The van der Waals surface area contributed by atoms with Crippen molar-refractivity contribution in [2.45, 2.75) is 6.92 Å². The first-order valence-corrected chi connectivity index (χ1v) is 5.48. The molecular weight excluding hydrogens is 244 g/mol. The molecule has 0 unspecified atom stereocenters. The number of aromatic nitrogens is 1. The summed E-state index contributed by atoms with van der Waals surface area (Å²) >= 11 is 0. The van der Waals surface area contributed by atoms with E-state index in [1.54, 1.807) is 18.5 Å². The molecule has 0 saturated heterocycles. The number of anilines is 2. The van der Waals surface area contributed by atoms with Crippen LogP contribution in [0.3, 0.4) is 0 Å². The number of hydrogen-bond acceptors (Lipinski definition) is 5. The number of nitro groups is 1. The van der Waals surface area contributed by atoms with Gasteiger partial charge in [0.15, 0.2) is 0 Å². The molecule has 0 amide bonds. The van der Waals surface area contributed by atoms with Gasteiger partial charge >= 0.3 is 0 Å². The second-order valence-electron chi connectivity index (χ2n) is 3.92. The van der Waals surface area contributed by atoms with Gasteiger partial charge in [-0.2, -0.15) is 5.26 Å². The lowest BCUT2D eigenvalue weighted by molar-refractivity contribution is -0.385. The van der Waals surface area contributed by atoms with Crippen LogP contribution in [-0.2, 0) is 0 Å². The van der Waals surface area contributed by atoms with Gasteiger partial charge in [0.05, 0.1) is 16.8 Å². The Labute approximate surface area is 109 Å². The van der Waals surface area contributed by atoms with Gasteiger partial charge < -0.3 is 5.32 Å². The van der Waals surface area contributed by atoms with Crippen molar-refractivity contribution in [1.82, 2.24) is 4.98 Å². The summed E-state index contributed by atoms with van der Waals surface area (Å²) in [6.45, 7) is 1.92. The Kier molecular flexibility index (Phi) is 3.39. The van der Waals surface area contributed by atoms with E-state index in [-0.39, 0.29) is 11.3 Å². The van der Waals surface area contributed by atoms with Crippen LogP contribution >= 0.6 is 0 Å². The maximum absolute atomic E-state index is 10.7. The molecule has 1 aromatic carbocycles. The van der Waals surface area contributed by atoms with Crippen LogP contribution in [0.15, 0.2) is 36.7 Å². The Hall–Kier alpha value is -2.94. The fourth-order valence-corrected chi connectivity index (χ4v) is 1.61. The van der Waals surface area contributed by atoms with Gasteiger partial charge in [-0.25, -0.2) is 0 Å². The van der Waals surface area contributed by atoms with E-state index < -0.39 is 4.92 Å². The molecule has 94 valence electrons. The van der Waals surface area contributed by atoms with E-state index in [1.807, 2.05) is 19.1 Å². The molecule has 1 heterocycles. The zero-order chi connectivity index (χ0) is 13.8. The average Bonchev–Trinajstić information content (AvgIpc) is 2.41. The highest BCUT2D eigenvalue weighted by Gasteiger charge is 2.13. The van der Waals surface area contributed by atoms with E-state index in [2.05, 4.69) is 10.3 Å². The molecule has 6 nitrogen and oxygen atoms in total. The van der Waals surface area contributed by atoms with Crippen LogP contribution in [0.2, 0.25) is 0 Å². The van der Waals surface area contributed by atoms with Crippen LogP contribution in [0.5, 0.6) is 0 Å². The number of hydrogen-bond donors (Lipinski definition) is 1. The Morgan fingerprint density at radius 2 is 2.21 bits per heavy atom. The van der Waals surface area contributed by atoms with Crippen LogP contribution in [0.1, 0.15) is 11.1 Å². The number of benzene rings is 1. The van der Waals surface area contributed by atoms with Gasteiger partial charge in [0.25, 0.3) is 5.69 Å². The molecule has 0 aliphatic rings. The molecule has 0 atom stereocenters. The van der Waals surface area contributed by atoms with E-state index in [9.17, 15) is 10.1 Å². The molecule has 0 spiro atoms. The van der Waals surface area contributed by atoms with Gasteiger partial charge in [-0.15, -0.1) is 0 Å². The lowest BCUT2D eigenvalue weighted by Gasteiger charge is -2.08. The van der Waals surface area contributed by atoms with Crippen molar-refractivity contribution in [3.8, 4) is 6.07 Å². The minimum atomic E-state index is -0.572. The minimum Gasteiger partial charge on any atom is -0.354 e. The normalized spacial score (nSPS) is 9.68. The smallest absolute Gasteiger partial charge is 0.287 e. The minimum absolute atomic E-state index is 0.0246. The number of nitriles is 1. The highest BCUT2D eigenvalue weighted by molar-refractivity contribution is 5.66. The average molecular weight is 254 g/mol. The zero-order valence-electron chi connectivity index (χ0n) is 10.1. The quantitative estimate of drug-likeness (QED) is 0.671. The predicted octanol–water partition coefficient (Wildman–Crippen LogP) is 2.91. The molecule has 2 rings (SSSR count). The Bertz CT molecular complexity index is 677. The number of nitrogens with zero attached hydrogens (tertiary/aromatic N) is 3. The molecule has 6 heteroatoms. The lowest BCUT2D eigenvalue weighted by atomic mass is 10.1. The molecule has 0 aliphatic carbocycles. The molecular formula is C13H10N4O2. The summed E-state index contributed by atoms with van der Waals surface area (Å²) in [5.74, 6) is 0. The van der Waals surface area contributed by atoms with E-state index >= 15 is 0 Å². The summed E-state index contributed by atoms with van der Waals surface area (Å²) in [4.78, 5) is 14.2. The molecule has 0 bridgehead atoms. The first-order valence-electron chi connectivity index (χ1n) is 5.48. The number of pyridine rings is 1. The monoisotopic (exact) mass is 254 g/mol. The van der Waals surface area contributed by atoms with Crippen molar-refractivity contribution in [3.63, 3.8) is 0 Å². The fraction of sp³-hybridized carbons (Fsp3) is 0.0769. The van der Waals surface area contributed by atoms with Gasteiger partial charge in [-0.05, 0) is 30.7 Å². The third kappa shape index (κ3) is 2.66. The summed E-state index contributed by atoms with van der Waals surface area (Å²) in [5.41, 5.74) is 2.22. The molecule has 0 saturated carbocycles. The van der Waals surface area contributed by atoms with Gasteiger partial charge in [0.2, 0.25) is 0 Å². The van der Waals surface area contributed by atoms with E-state index in [0.717, 1.165) is 11.3 Å². The summed E-state index contributed by atoms with van der Waals surface area (Å²) in [7, 11) is 0. The second kappa shape index (κ2) is 5.14. The lowest BCUT2D eigenvalue weighted by Crippen LogP contribution is -1.97. The highest BCUT2D eigenvalue weighted by Crippen LogP contribution is 2.25. The van der Waals surface area contributed by atoms with Gasteiger partial charge in [-0.1, -0.05) is 0 Å². The number of aryl methyl sites for hydroxylation is 1. The molecule has 1 aromatic heterocycles. The summed E-state index contributed by atoms with van der Waals surface area (Å²) in [6.07, 6.45) is 3.33. The number of nitrogens with one attached hydrogen (secondary N) is 1. The third-order valence-corrected chi connectivity index (χ3v) is 2.63. The van der Waals surface area contributed by atoms with E-state index in [1.165, 1.54) is 12.1 Å². The van der Waals surface area contributed by atoms with Crippen LogP contribution in [0.25, 0.3) is 0 Å². The molecule has 1 N–H and O–H groups in total. The molecule has 0 radical (unpaired) electrons. The summed E-state index contributed by atoms with van der Waals surface area (Å²) < 4.78 is 0. The Morgan fingerprint density at radius 3 is 2.84 bits per heavy atom. The van der Waals surface area contributed by atoms with Crippen molar-refractivity contribution >= 4 is 17.1 Å². The van der Waals surface area contributed by atoms with Crippen molar-refractivity contribution in [1.29, 1.82) is 5.26 Å². The first kappa shape index (κ1) is 12.5. The third-order valence-electron chi connectivity index (χ3n) is 2.63. The number of nitro benzene ring substituents is 1. The van der Waals surface area contributed by atoms with Gasteiger partial charge in [0.1, 0.15) is 11.6 Å². The van der Waals surface area contributed by atoms with Gasteiger partial charge in [-0.3, -0.25) is 15.1 Å². The van der Waals surface area contributed by atoms with Crippen LogP contribution in [-0.4, -0.2) is 9.91 Å². The predicted molar refractivity (Wildman–Crippen MR) is 70.1 cm³/mol. The Balaban J connectivity index is 2.36. The maximum Gasteiger partial charge on any atom is 0.287 e. The standard InChI is InChI=1S/C13H10N4O2/c1-9-4-5-15-8-12(9)16-11-2-3-13(17(18)19)10(6-11)7-14/h2-6,8,16H,1H3. The first-order chi connectivity index (χ1) is 9.11. The molecule has 2 aromatic rings. The van der Waals surface area contributed by atoms with E-state index in [4.69, 9.17) is 5.26 Å². The number of rotatable bonds is 3. The van der Waals surface area contributed by atoms with Crippen molar-refractivity contribution in [3.05, 3.63) is 57.9 Å². The molecule has 0 aliphatic heterocycles. The second-order valence-corrected chi connectivity index (χ2v) is 3.92. The SMILES string of the molecule is Cc1ccncc1Nc1ccc([N+](=O)[O-])c(C#N)c1. The molecule has 19 heavy (non-hydrogen) atoms. The fourth-order valence-electron chi connectivity index (χ4n) is 1.61. The van der Waals surface area contributed by atoms with Crippen molar-refractivity contribution < 1.29 is 4.92 Å². The summed E-state index contributed by atoms with van der Waals surface area (Å²) in [5, 5.41) is 22.7. The largest absolute Gasteiger partial charge is 0.354 e. The van der Waals surface area contributed by atoms with Crippen molar-refractivity contribution in [2.24, 2.45) is 0 Å². The van der Waals surface area contributed by atoms with Crippen LogP contribution < -0.4 is 5.32 Å². The molecule has 0 fully saturated rings. The van der Waals surface area contributed by atoms with E-state index in [0.29, 0.717) is 5.69 Å². The highest BCUT2D eigenvalue weighted by atomic mass is 16.6. The Morgan fingerprint density at radius 1 is 1.42 bits per heavy atom. The van der Waals surface area contributed by atoms with Crippen LogP contribution in [0.4, 0.5) is 17.1 Å². The van der Waals surface area contributed by atoms with Crippen molar-refractivity contribution in [2.75, 3.05) is 5.32 Å². The maximum atomic E-state index is 10.7. The summed E-state index contributed by atoms with van der Waals surface area (Å²) in [6, 6.07) is 7.99. The topological polar surface area (TPSA) is 91.8 Å². The zero-order valence-corrected chi connectivity index (χ0v) is 10.1.